The maximum absolute atomic E-state index is 13.3. The van der Waals surface area contributed by atoms with Gasteiger partial charge in [-0.1, -0.05) is 70.6 Å². The van der Waals surface area contributed by atoms with Crippen LogP contribution in [-0.2, 0) is 16.0 Å². The second kappa shape index (κ2) is 11.6. The largest absolute Gasteiger partial charge is 0.384 e. The number of carbonyl (C=O) groups excluding carboxylic acids is 2. The molecule has 200 valence electrons. The second-order valence-electron chi connectivity index (χ2n) is 8.52. The highest BCUT2D eigenvalue weighted by molar-refractivity contribution is 8.01. The van der Waals surface area contributed by atoms with Crippen molar-refractivity contribution in [1.82, 2.24) is 20.4 Å². The van der Waals surface area contributed by atoms with E-state index >= 15 is 0 Å². The lowest BCUT2D eigenvalue weighted by Crippen LogP contribution is -2.38. The Labute approximate surface area is 245 Å². The molecular weight excluding hydrogens is 599 g/mol. The van der Waals surface area contributed by atoms with Crippen LogP contribution in [0.5, 0.6) is 0 Å². The summed E-state index contributed by atoms with van der Waals surface area (Å²) in [5, 5.41) is 31.8. The first-order chi connectivity index (χ1) is 18.8. The molecule has 2 aliphatic rings. The first kappa shape index (κ1) is 27.5. The van der Waals surface area contributed by atoms with Crippen LogP contribution in [-0.4, -0.2) is 37.8 Å². The number of nitrogens with one attached hydrogen (secondary N) is 1. The summed E-state index contributed by atoms with van der Waals surface area (Å²) in [7, 11) is 0. The molecule has 10 nitrogen and oxygen atoms in total. The van der Waals surface area contributed by atoms with Gasteiger partial charge in [0.05, 0.1) is 23.3 Å². The molecule has 0 radical (unpaired) electrons. The monoisotopic (exact) mass is 618 g/mol. The molecule has 0 fully saturated rings. The van der Waals surface area contributed by atoms with E-state index in [9.17, 15) is 14.9 Å². The average Bonchev–Trinajstić information content (AvgIpc) is 3.57. The van der Waals surface area contributed by atoms with Crippen LogP contribution in [0, 0.1) is 11.3 Å². The SMILES string of the molecule is CCc1nnc(NC(=O)CSc2nnc(N3C(N)=C(C#N)C(c4ccc(Cl)cc4Cl)C4=C3CCCC4=O)s2)s1. The number of hydrogen-bond donors (Lipinski definition) is 2. The molecule has 1 aliphatic heterocycles. The molecule has 1 aliphatic carbocycles. The van der Waals surface area contributed by atoms with Gasteiger partial charge in [-0.3, -0.25) is 19.8 Å². The molecule has 0 saturated heterocycles. The minimum absolute atomic E-state index is 0.0730. The lowest BCUT2D eigenvalue weighted by molar-refractivity contribution is -0.116. The second-order valence-corrected chi connectivity index (χ2v) is 12.6. The molecule has 3 heterocycles. The van der Waals surface area contributed by atoms with E-state index in [4.69, 9.17) is 28.9 Å². The zero-order valence-corrected chi connectivity index (χ0v) is 24.4. The summed E-state index contributed by atoms with van der Waals surface area (Å²) in [5.41, 5.74) is 8.51. The normalized spacial score (nSPS) is 17.3. The molecule has 0 saturated carbocycles. The number of aromatic nitrogens is 4. The molecule has 1 amide bonds. The molecular formula is C24H20Cl2N8O2S3. The molecule has 1 atom stereocenters. The number of halogens is 2. The molecule has 3 N–H and O–H groups in total. The molecule has 0 bridgehead atoms. The number of nitrogens with two attached hydrogens (primary N) is 1. The minimum atomic E-state index is -0.710. The van der Waals surface area contributed by atoms with Crippen LogP contribution >= 0.6 is 57.6 Å². The van der Waals surface area contributed by atoms with Crippen molar-refractivity contribution < 1.29 is 9.59 Å². The predicted octanol–water partition coefficient (Wildman–Crippen LogP) is 5.29. The van der Waals surface area contributed by atoms with E-state index in [1.807, 2.05) is 6.92 Å². The highest BCUT2D eigenvalue weighted by Gasteiger charge is 2.42. The van der Waals surface area contributed by atoms with Gasteiger partial charge in [-0.2, -0.15) is 5.26 Å². The zero-order chi connectivity index (χ0) is 27.7. The van der Waals surface area contributed by atoms with E-state index in [0.717, 1.165) is 11.4 Å². The third kappa shape index (κ3) is 5.53. The number of carbonyl (C=O) groups is 2. The Hall–Kier alpha value is -3.02. The van der Waals surface area contributed by atoms with Gasteiger partial charge in [0.2, 0.25) is 16.2 Å². The molecule has 5 rings (SSSR count). The lowest BCUT2D eigenvalue weighted by atomic mass is 9.76. The van der Waals surface area contributed by atoms with Gasteiger partial charge in [0, 0.05) is 27.7 Å². The third-order valence-electron chi connectivity index (χ3n) is 6.12. The third-order valence-corrected chi connectivity index (χ3v) is 9.70. The number of hydrogen-bond acceptors (Lipinski definition) is 12. The van der Waals surface area contributed by atoms with Crippen LogP contribution in [0.25, 0.3) is 0 Å². The maximum Gasteiger partial charge on any atom is 0.236 e. The van der Waals surface area contributed by atoms with Crippen molar-refractivity contribution in [3.05, 3.63) is 61.5 Å². The smallest absolute Gasteiger partial charge is 0.236 e. The summed E-state index contributed by atoms with van der Waals surface area (Å²) >= 11 is 16.4. The Morgan fingerprint density at radius 2 is 2.08 bits per heavy atom. The number of nitriles is 1. The van der Waals surface area contributed by atoms with Crippen LogP contribution in [0.15, 0.2) is 45.2 Å². The van der Waals surface area contributed by atoms with Crippen LogP contribution in [0.4, 0.5) is 10.3 Å². The fourth-order valence-corrected chi connectivity index (χ4v) is 7.33. The van der Waals surface area contributed by atoms with Crippen LogP contribution in [0.3, 0.4) is 0 Å². The fourth-order valence-electron chi connectivity index (χ4n) is 4.43. The highest BCUT2D eigenvalue weighted by Crippen LogP contribution is 2.48. The van der Waals surface area contributed by atoms with Gasteiger partial charge in [0.15, 0.2) is 10.1 Å². The van der Waals surface area contributed by atoms with Crippen LogP contribution in [0.1, 0.15) is 42.7 Å². The Morgan fingerprint density at radius 1 is 1.26 bits per heavy atom. The topological polar surface area (TPSA) is 151 Å². The van der Waals surface area contributed by atoms with E-state index in [-0.39, 0.29) is 28.8 Å². The summed E-state index contributed by atoms with van der Waals surface area (Å²) in [6, 6.07) is 7.17. The standard InChI is InChI=1S/C24H20Cl2N8O2S3/c1-2-18-30-31-22(38-18)29-17(36)10-37-24-33-32-23(39-24)34-15-4-3-5-16(35)20(15)19(13(9-27)21(34)28)12-7-6-11(25)8-14(12)26/h6-8,19H,2-5,10,28H2,1H3,(H,29,31,36). The van der Waals surface area contributed by atoms with Crippen molar-refractivity contribution >= 4 is 79.6 Å². The molecule has 0 spiro atoms. The van der Waals surface area contributed by atoms with Crippen molar-refractivity contribution in [3.63, 3.8) is 0 Å². The minimum Gasteiger partial charge on any atom is -0.384 e. The Kier molecular flexibility index (Phi) is 8.20. The number of ketones is 1. The van der Waals surface area contributed by atoms with Gasteiger partial charge >= 0.3 is 0 Å². The van der Waals surface area contributed by atoms with E-state index in [1.165, 1.54) is 34.4 Å². The number of allylic oxidation sites excluding steroid dienone is 3. The lowest BCUT2D eigenvalue weighted by Gasteiger charge is -2.38. The molecule has 2 aromatic heterocycles. The van der Waals surface area contributed by atoms with Crippen LogP contribution in [0.2, 0.25) is 10.0 Å². The number of rotatable bonds is 7. The number of aryl methyl sites for hydroxylation is 1. The van der Waals surface area contributed by atoms with Crippen LogP contribution < -0.4 is 16.0 Å². The average molecular weight is 620 g/mol. The summed E-state index contributed by atoms with van der Waals surface area (Å²) in [6.45, 7) is 1.97. The molecule has 3 aromatic rings. The van der Waals surface area contributed by atoms with E-state index in [2.05, 4.69) is 31.8 Å². The van der Waals surface area contributed by atoms with Crippen molar-refractivity contribution in [2.24, 2.45) is 5.73 Å². The van der Waals surface area contributed by atoms with Gasteiger partial charge in [-0.05, 0) is 37.0 Å². The number of anilines is 2. The Bertz CT molecular complexity index is 1570. The quantitative estimate of drug-likeness (QED) is 0.334. The number of amides is 1. The maximum atomic E-state index is 13.3. The highest BCUT2D eigenvalue weighted by atomic mass is 35.5. The van der Waals surface area contributed by atoms with Crippen molar-refractivity contribution in [2.75, 3.05) is 16.0 Å². The Balaban J connectivity index is 1.43. The Morgan fingerprint density at radius 3 is 2.79 bits per heavy atom. The summed E-state index contributed by atoms with van der Waals surface area (Å²) in [5.74, 6) is -0.775. The number of nitrogens with zero attached hydrogens (tertiary/aromatic N) is 6. The van der Waals surface area contributed by atoms with Crippen molar-refractivity contribution in [2.45, 2.75) is 42.9 Å². The van der Waals surface area contributed by atoms with E-state index in [1.54, 1.807) is 23.1 Å². The van der Waals surface area contributed by atoms with E-state index in [0.29, 0.717) is 60.7 Å². The van der Waals surface area contributed by atoms with Gasteiger partial charge in [0.25, 0.3) is 0 Å². The zero-order valence-electron chi connectivity index (χ0n) is 20.4. The summed E-state index contributed by atoms with van der Waals surface area (Å²) in [6.07, 6.45) is 2.30. The van der Waals surface area contributed by atoms with Crippen molar-refractivity contribution in [1.29, 1.82) is 5.26 Å². The fraction of sp³-hybridized carbons (Fsp3) is 0.292. The predicted molar refractivity (Wildman–Crippen MR) is 153 cm³/mol. The van der Waals surface area contributed by atoms with Gasteiger partial charge in [0.1, 0.15) is 10.8 Å². The summed E-state index contributed by atoms with van der Waals surface area (Å²) < 4.78 is 0.533. The molecule has 15 heteroatoms. The first-order valence-electron chi connectivity index (χ1n) is 11.8. The number of Topliss-reactive ketones (excluding diaryl/α,β-unsaturated/α-hetero) is 1. The molecule has 1 unspecified atom stereocenters. The number of thioether (sulfide) groups is 1. The van der Waals surface area contributed by atoms with E-state index < -0.39 is 5.92 Å². The molecule has 39 heavy (non-hydrogen) atoms. The first-order valence-corrected chi connectivity index (χ1v) is 15.2. The van der Waals surface area contributed by atoms with Crippen molar-refractivity contribution in [3.8, 4) is 6.07 Å². The van der Waals surface area contributed by atoms with Gasteiger partial charge < -0.3 is 5.73 Å². The molecule has 1 aromatic carbocycles. The summed E-state index contributed by atoms with van der Waals surface area (Å²) in [4.78, 5) is 27.3. The van der Waals surface area contributed by atoms with Gasteiger partial charge in [-0.25, -0.2) is 0 Å². The number of benzene rings is 1. The van der Waals surface area contributed by atoms with Gasteiger partial charge in [-0.15, -0.1) is 20.4 Å².